The summed E-state index contributed by atoms with van der Waals surface area (Å²) >= 11 is 7.21. The second-order valence-electron chi connectivity index (χ2n) is 5.98. The van der Waals surface area contributed by atoms with Crippen LogP contribution < -0.4 is 0 Å². The molecule has 27 heavy (non-hydrogen) atoms. The van der Waals surface area contributed by atoms with E-state index in [1.165, 1.54) is 28.3 Å². The molecule has 1 aromatic carbocycles. The molecule has 0 aliphatic carbocycles. The van der Waals surface area contributed by atoms with Gasteiger partial charge in [0.15, 0.2) is 5.78 Å². The number of hydrogen-bond donors (Lipinski definition) is 0. The molecule has 0 bridgehead atoms. The van der Waals surface area contributed by atoms with E-state index < -0.39 is 10.0 Å². The predicted octanol–water partition coefficient (Wildman–Crippen LogP) is 3.12. The number of hydrogen-bond acceptors (Lipinski definition) is 6. The van der Waals surface area contributed by atoms with Gasteiger partial charge in [-0.05, 0) is 31.2 Å². The SMILES string of the molecule is CC(Sc1ccc(S(=O)(=O)N2CCOCC2)cn1)C(=O)c1cccc(Cl)c1. The lowest BCUT2D eigenvalue weighted by Gasteiger charge is -2.25. The minimum atomic E-state index is -3.57. The molecule has 9 heteroatoms. The molecule has 2 heterocycles. The Balaban J connectivity index is 1.69. The number of carbonyl (C=O) groups excluding carboxylic acids is 1. The highest BCUT2D eigenvalue weighted by Gasteiger charge is 2.26. The molecule has 0 radical (unpaired) electrons. The van der Waals surface area contributed by atoms with Crippen LogP contribution in [0.25, 0.3) is 0 Å². The number of benzene rings is 1. The van der Waals surface area contributed by atoms with E-state index in [9.17, 15) is 13.2 Å². The summed E-state index contributed by atoms with van der Waals surface area (Å²) in [6.07, 6.45) is 1.34. The van der Waals surface area contributed by atoms with Crippen molar-refractivity contribution in [2.75, 3.05) is 26.3 Å². The number of Topliss-reactive ketones (excluding diaryl/α,β-unsaturated/α-hetero) is 1. The van der Waals surface area contributed by atoms with Crippen molar-refractivity contribution in [3.8, 4) is 0 Å². The van der Waals surface area contributed by atoms with E-state index in [2.05, 4.69) is 4.98 Å². The van der Waals surface area contributed by atoms with E-state index in [0.717, 1.165) is 0 Å². The summed E-state index contributed by atoms with van der Waals surface area (Å²) in [5.41, 5.74) is 0.536. The van der Waals surface area contributed by atoms with Crippen molar-refractivity contribution in [2.45, 2.75) is 22.1 Å². The lowest BCUT2D eigenvalue weighted by atomic mass is 10.1. The van der Waals surface area contributed by atoms with Gasteiger partial charge in [-0.1, -0.05) is 35.5 Å². The monoisotopic (exact) mass is 426 g/mol. The number of nitrogens with zero attached hydrogens (tertiary/aromatic N) is 2. The summed E-state index contributed by atoms with van der Waals surface area (Å²) in [5, 5.41) is 0.713. The van der Waals surface area contributed by atoms with Crippen LogP contribution in [0.4, 0.5) is 0 Å². The summed E-state index contributed by atoms with van der Waals surface area (Å²) < 4.78 is 31.8. The molecule has 0 saturated carbocycles. The van der Waals surface area contributed by atoms with Crippen LogP contribution in [-0.4, -0.2) is 55.0 Å². The fourth-order valence-corrected chi connectivity index (χ4v) is 5.05. The first kappa shape index (κ1) is 20.3. The molecule has 2 aromatic rings. The number of pyridine rings is 1. The maximum atomic E-state index is 12.6. The van der Waals surface area contributed by atoms with Crippen LogP contribution >= 0.6 is 23.4 Å². The zero-order chi connectivity index (χ0) is 19.4. The highest BCUT2D eigenvalue weighted by atomic mass is 35.5. The van der Waals surface area contributed by atoms with E-state index in [0.29, 0.717) is 41.9 Å². The molecule has 0 N–H and O–H groups in total. The van der Waals surface area contributed by atoms with Gasteiger partial charge in [-0.15, -0.1) is 0 Å². The minimum Gasteiger partial charge on any atom is -0.379 e. The number of ether oxygens (including phenoxy) is 1. The molecule has 1 aliphatic heterocycles. The third kappa shape index (κ3) is 4.89. The van der Waals surface area contributed by atoms with Crippen molar-refractivity contribution in [2.24, 2.45) is 0 Å². The van der Waals surface area contributed by atoms with Crippen LogP contribution in [0, 0.1) is 0 Å². The van der Waals surface area contributed by atoms with Gasteiger partial charge in [-0.3, -0.25) is 4.79 Å². The number of halogens is 1. The molecule has 1 saturated heterocycles. The standard InChI is InChI=1S/C18H19ClN2O4S2/c1-13(18(22)14-3-2-4-15(19)11-14)26-17-6-5-16(12-20-17)27(23,24)21-7-9-25-10-8-21/h2-6,11-13H,7-10H2,1H3. The van der Waals surface area contributed by atoms with Crippen molar-refractivity contribution in [3.63, 3.8) is 0 Å². The number of rotatable bonds is 6. The number of aromatic nitrogens is 1. The van der Waals surface area contributed by atoms with Crippen molar-refractivity contribution < 1.29 is 17.9 Å². The second-order valence-corrected chi connectivity index (χ2v) is 9.72. The molecule has 6 nitrogen and oxygen atoms in total. The van der Waals surface area contributed by atoms with Gasteiger partial charge in [0.05, 0.1) is 23.5 Å². The average Bonchev–Trinajstić information content (AvgIpc) is 2.68. The summed E-state index contributed by atoms with van der Waals surface area (Å²) in [6, 6.07) is 9.95. The highest BCUT2D eigenvalue weighted by Crippen LogP contribution is 2.26. The Kier molecular flexibility index (Phi) is 6.54. The molecule has 1 aromatic heterocycles. The third-order valence-electron chi connectivity index (χ3n) is 4.09. The molecular weight excluding hydrogens is 408 g/mol. The second kappa shape index (κ2) is 8.70. The highest BCUT2D eigenvalue weighted by molar-refractivity contribution is 8.00. The molecule has 3 rings (SSSR count). The first-order chi connectivity index (χ1) is 12.9. The van der Waals surface area contributed by atoms with Gasteiger partial charge in [-0.2, -0.15) is 4.31 Å². The van der Waals surface area contributed by atoms with E-state index in [-0.39, 0.29) is 15.9 Å². The Bertz CT molecular complexity index is 913. The van der Waals surface area contributed by atoms with Crippen molar-refractivity contribution >= 4 is 39.2 Å². The Hall–Kier alpha value is -1.45. The van der Waals surface area contributed by atoms with E-state index in [1.54, 1.807) is 37.3 Å². The van der Waals surface area contributed by atoms with Crippen LogP contribution in [0.2, 0.25) is 5.02 Å². The van der Waals surface area contributed by atoms with Crippen LogP contribution in [0.1, 0.15) is 17.3 Å². The Morgan fingerprint density at radius 3 is 2.63 bits per heavy atom. The largest absolute Gasteiger partial charge is 0.379 e. The maximum absolute atomic E-state index is 12.6. The number of ketones is 1. The Morgan fingerprint density at radius 1 is 1.26 bits per heavy atom. The van der Waals surface area contributed by atoms with Crippen molar-refractivity contribution in [1.82, 2.24) is 9.29 Å². The van der Waals surface area contributed by atoms with E-state index in [1.807, 2.05) is 0 Å². The van der Waals surface area contributed by atoms with Crippen LogP contribution in [0.3, 0.4) is 0 Å². The number of carbonyl (C=O) groups is 1. The number of thioether (sulfide) groups is 1. The Morgan fingerprint density at radius 2 is 2.00 bits per heavy atom. The van der Waals surface area contributed by atoms with Crippen LogP contribution in [-0.2, 0) is 14.8 Å². The predicted molar refractivity (Wildman–Crippen MR) is 105 cm³/mol. The molecule has 144 valence electrons. The van der Waals surface area contributed by atoms with Crippen LogP contribution in [0.15, 0.2) is 52.5 Å². The quantitative estimate of drug-likeness (QED) is 0.521. The zero-order valence-electron chi connectivity index (χ0n) is 14.7. The molecule has 0 amide bonds. The van der Waals surface area contributed by atoms with Crippen LogP contribution in [0.5, 0.6) is 0 Å². The first-order valence-corrected chi connectivity index (χ1v) is 11.1. The summed E-state index contributed by atoms with van der Waals surface area (Å²) in [7, 11) is -3.57. The zero-order valence-corrected chi connectivity index (χ0v) is 17.1. The number of morpholine rings is 1. The molecular formula is C18H19ClN2O4S2. The molecule has 1 fully saturated rings. The fraction of sp³-hybridized carbons (Fsp3) is 0.333. The third-order valence-corrected chi connectivity index (χ3v) is 7.26. The lowest BCUT2D eigenvalue weighted by molar-refractivity contribution is 0.0730. The summed E-state index contributed by atoms with van der Waals surface area (Å²) in [5.74, 6) is -0.0608. The average molecular weight is 427 g/mol. The molecule has 0 spiro atoms. The lowest BCUT2D eigenvalue weighted by Crippen LogP contribution is -2.40. The minimum absolute atomic E-state index is 0.0608. The molecule has 1 atom stereocenters. The van der Waals surface area contributed by atoms with Gasteiger partial charge in [-0.25, -0.2) is 13.4 Å². The van der Waals surface area contributed by atoms with Gasteiger partial charge < -0.3 is 4.74 Å². The topological polar surface area (TPSA) is 76.6 Å². The van der Waals surface area contributed by atoms with Gasteiger partial charge >= 0.3 is 0 Å². The fourth-order valence-electron chi connectivity index (χ4n) is 2.64. The normalized spacial score (nSPS) is 16.8. The van der Waals surface area contributed by atoms with E-state index in [4.69, 9.17) is 16.3 Å². The van der Waals surface area contributed by atoms with Gasteiger partial charge in [0.25, 0.3) is 0 Å². The van der Waals surface area contributed by atoms with Crippen molar-refractivity contribution in [1.29, 1.82) is 0 Å². The smallest absolute Gasteiger partial charge is 0.244 e. The number of sulfonamides is 1. The van der Waals surface area contributed by atoms with Gasteiger partial charge in [0.1, 0.15) is 4.90 Å². The molecule has 1 unspecified atom stereocenters. The summed E-state index contributed by atoms with van der Waals surface area (Å²) in [4.78, 5) is 16.9. The summed E-state index contributed by atoms with van der Waals surface area (Å²) in [6.45, 7) is 3.25. The molecule has 1 aliphatic rings. The van der Waals surface area contributed by atoms with Gasteiger partial charge in [0, 0.05) is 29.9 Å². The first-order valence-electron chi connectivity index (χ1n) is 8.38. The van der Waals surface area contributed by atoms with Gasteiger partial charge in [0.2, 0.25) is 10.0 Å². The Labute approximate surface area is 167 Å². The van der Waals surface area contributed by atoms with E-state index >= 15 is 0 Å². The maximum Gasteiger partial charge on any atom is 0.244 e. The van der Waals surface area contributed by atoms with Crippen molar-refractivity contribution in [3.05, 3.63) is 53.2 Å².